The quantitative estimate of drug-likeness (QED) is 0.790. The lowest BCUT2D eigenvalue weighted by Gasteiger charge is -2.16. The summed E-state index contributed by atoms with van der Waals surface area (Å²) >= 11 is 0. The summed E-state index contributed by atoms with van der Waals surface area (Å²) in [7, 11) is 1.87. The number of halogens is 1. The van der Waals surface area contributed by atoms with E-state index in [0.717, 1.165) is 38.8 Å². The number of carbonyl (C=O) groups is 1. The predicted molar refractivity (Wildman–Crippen MR) is 96.0 cm³/mol. The molecule has 0 aliphatic carbocycles. The van der Waals surface area contributed by atoms with Crippen molar-refractivity contribution < 1.29 is 9.18 Å². The van der Waals surface area contributed by atoms with Gasteiger partial charge in [-0.25, -0.2) is 4.39 Å². The van der Waals surface area contributed by atoms with E-state index in [4.69, 9.17) is 0 Å². The van der Waals surface area contributed by atoms with Crippen LogP contribution in [0.1, 0.15) is 27.0 Å². The lowest BCUT2D eigenvalue weighted by molar-refractivity contribution is 0.0766. The highest BCUT2D eigenvalue weighted by molar-refractivity contribution is 6.09. The molecule has 4 rings (SSSR count). The number of nitrogens with one attached hydrogen (secondary N) is 1. The van der Waals surface area contributed by atoms with Gasteiger partial charge in [-0.2, -0.15) is 0 Å². The zero-order valence-corrected chi connectivity index (χ0v) is 14.1. The Morgan fingerprint density at radius 3 is 2.72 bits per heavy atom. The molecule has 0 unspecified atom stereocenters. The molecule has 1 aromatic heterocycles. The second-order valence-electron chi connectivity index (χ2n) is 6.29. The Morgan fingerprint density at radius 2 is 2.00 bits per heavy atom. The summed E-state index contributed by atoms with van der Waals surface area (Å²) in [4.78, 5) is 19.3. The number of nitrogens with zero attached hydrogens (tertiary/aromatic N) is 2. The number of benzene rings is 2. The highest BCUT2D eigenvalue weighted by Crippen LogP contribution is 2.38. The van der Waals surface area contributed by atoms with Crippen LogP contribution >= 0.6 is 0 Å². The van der Waals surface area contributed by atoms with E-state index in [9.17, 15) is 9.18 Å². The Morgan fingerprint density at radius 1 is 1.24 bits per heavy atom. The fraction of sp³-hybridized carbons (Fsp3) is 0.200. The van der Waals surface area contributed by atoms with Crippen LogP contribution in [0.25, 0.3) is 10.9 Å². The highest BCUT2D eigenvalue weighted by Gasteiger charge is 2.33. The fourth-order valence-corrected chi connectivity index (χ4v) is 3.63. The minimum atomic E-state index is -0.273. The summed E-state index contributed by atoms with van der Waals surface area (Å²) in [5, 5.41) is 4.27. The van der Waals surface area contributed by atoms with Crippen molar-refractivity contribution in [3.05, 3.63) is 70.7 Å². The maximum absolute atomic E-state index is 13.1. The van der Waals surface area contributed by atoms with Gasteiger partial charge in [-0.3, -0.25) is 9.78 Å². The molecule has 1 N–H and O–H groups in total. The first-order valence-corrected chi connectivity index (χ1v) is 8.21. The summed E-state index contributed by atoms with van der Waals surface area (Å²) < 4.78 is 13.1. The summed E-state index contributed by atoms with van der Waals surface area (Å²) in [5.74, 6) is -0.272. The van der Waals surface area contributed by atoms with E-state index in [2.05, 4.69) is 10.3 Å². The molecule has 4 nitrogen and oxygen atoms in total. The fourth-order valence-electron chi connectivity index (χ4n) is 3.63. The van der Waals surface area contributed by atoms with Gasteiger partial charge in [0.25, 0.3) is 5.91 Å². The molecular weight excluding hydrogens is 317 g/mol. The van der Waals surface area contributed by atoms with E-state index in [0.29, 0.717) is 13.1 Å². The third-order valence-electron chi connectivity index (χ3n) is 4.80. The van der Waals surface area contributed by atoms with Crippen molar-refractivity contribution >= 4 is 22.5 Å². The number of rotatable bonds is 3. The minimum Gasteiger partial charge on any atom is -0.387 e. The normalized spacial score (nSPS) is 13.4. The van der Waals surface area contributed by atoms with E-state index < -0.39 is 0 Å². The molecule has 25 heavy (non-hydrogen) atoms. The van der Waals surface area contributed by atoms with Crippen LogP contribution in [0.2, 0.25) is 0 Å². The van der Waals surface area contributed by atoms with Crippen molar-refractivity contribution in [3.63, 3.8) is 0 Å². The molecule has 126 valence electrons. The van der Waals surface area contributed by atoms with Crippen LogP contribution in [0.15, 0.2) is 42.6 Å². The highest BCUT2D eigenvalue weighted by atomic mass is 19.1. The number of aromatic nitrogens is 1. The molecule has 1 amide bonds. The zero-order valence-electron chi connectivity index (χ0n) is 14.1. The molecule has 0 spiro atoms. The van der Waals surface area contributed by atoms with Gasteiger partial charge in [0.05, 0.1) is 11.1 Å². The number of aryl methyl sites for hydroxylation is 1. The number of anilines is 1. The molecule has 0 atom stereocenters. The van der Waals surface area contributed by atoms with Crippen LogP contribution in [0.4, 0.5) is 10.1 Å². The van der Waals surface area contributed by atoms with E-state index >= 15 is 0 Å². The predicted octanol–water partition coefficient (Wildman–Crippen LogP) is 3.88. The largest absolute Gasteiger partial charge is 0.387 e. The first kappa shape index (κ1) is 15.6. The van der Waals surface area contributed by atoms with Crippen LogP contribution in [-0.2, 0) is 13.1 Å². The molecule has 0 fully saturated rings. The number of pyridine rings is 1. The third-order valence-corrected chi connectivity index (χ3v) is 4.80. The summed E-state index contributed by atoms with van der Waals surface area (Å²) in [6, 6.07) is 10.2. The smallest absolute Gasteiger partial charge is 0.255 e. The molecular formula is C20H18FN3O. The van der Waals surface area contributed by atoms with Crippen molar-refractivity contribution in [2.45, 2.75) is 20.0 Å². The first-order valence-electron chi connectivity index (χ1n) is 8.21. The van der Waals surface area contributed by atoms with Gasteiger partial charge in [0.1, 0.15) is 5.82 Å². The van der Waals surface area contributed by atoms with Gasteiger partial charge in [-0.15, -0.1) is 0 Å². The van der Waals surface area contributed by atoms with Crippen LogP contribution < -0.4 is 5.32 Å². The number of amides is 1. The van der Waals surface area contributed by atoms with E-state index in [-0.39, 0.29) is 11.7 Å². The molecule has 1 aliphatic rings. The molecule has 0 saturated carbocycles. The molecule has 0 saturated heterocycles. The standard InChI is InChI=1S/C20H18FN3O/c1-12-17-16(19(22-2)15-4-3-9-23-18(12)15)11-24(20(17)25)10-13-5-7-14(21)8-6-13/h3-9,22H,10-11H2,1-2H3. The first-order chi connectivity index (χ1) is 12.1. The lowest BCUT2D eigenvalue weighted by Crippen LogP contribution is -2.23. The van der Waals surface area contributed by atoms with Crippen molar-refractivity contribution in [2.75, 3.05) is 12.4 Å². The summed E-state index contributed by atoms with van der Waals surface area (Å²) in [6.07, 6.45) is 1.75. The number of hydrogen-bond acceptors (Lipinski definition) is 3. The van der Waals surface area contributed by atoms with Gasteiger partial charge >= 0.3 is 0 Å². The molecule has 3 aromatic rings. The van der Waals surface area contributed by atoms with Gasteiger partial charge in [-0.05, 0) is 42.3 Å². The molecule has 0 bridgehead atoms. The second-order valence-corrected chi connectivity index (χ2v) is 6.29. The topological polar surface area (TPSA) is 45.2 Å². The van der Waals surface area contributed by atoms with Crippen molar-refractivity contribution in [1.29, 1.82) is 0 Å². The minimum absolute atomic E-state index is 0.000813. The van der Waals surface area contributed by atoms with E-state index in [1.165, 1.54) is 12.1 Å². The Bertz CT molecular complexity index is 982. The molecule has 2 heterocycles. The van der Waals surface area contributed by atoms with Crippen molar-refractivity contribution in [1.82, 2.24) is 9.88 Å². The molecule has 0 radical (unpaired) electrons. The number of carbonyl (C=O) groups excluding carboxylic acids is 1. The maximum atomic E-state index is 13.1. The molecule has 5 heteroatoms. The Labute approximate surface area is 145 Å². The van der Waals surface area contributed by atoms with Crippen LogP contribution in [0.5, 0.6) is 0 Å². The van der Waals surface area contributed by atoms with Gasteiger partial charge in [0.2, 0.25) is 0 Å². The average Bonchev–Trinajstić information content (AvgIpc) is 2.94. The Balaban J connectivity index is 1.79. The van der Waals surface area contributed by atoms with Crippen molar-refractivity contribution in [3.8, 4) is 0 Å². The van der Waals surface area contributed by atoms with Crippen LogP contribution in [0, 0.1) is 12.7 Å². The SMILES string of the molecule is CNc1c2c(c(C)c3ncccc13)C(=O)N(Cc1ccc(F)cc1)C2. The van der Waals surface area contributed by atoms with Crippen molar-refractivity contribution in [2.24, 2.45) is 0 Å². The maximum Gasteiger partial charge on any atom is 0.255 e. The van der Waals surface area contributed by atoms with Gasteiger partial charge in [-0.1, -0.05) is 12.1 Å². The second kappa shape index (κ2) is 5.84. The third kappa shape index (κ3) is 2.43. The number of fused-ring (bicyclic) bond motifs is 2. The Hall–Kier alpha value is -2.95. The van der Waals surface area contributed by atoms with Gasteiger partial charge in [0, 0.05) is 43.0 Å². The lowest BCUT2D eigenvalue weighted by atomic mass is 9.97. The van der Waals surface area contributed by atoms with E-state index in [1.54, 1.807) is 23.2 Å². The van der Waals surface area contributed by atoms with Gasteiger partial charge < -0.3 is 10.2 Å². The van der Waals surface area contributed by atoms with Gasteiger partial charge in [0.15, 0.2) is 0 Å². The summed E-state index contributed by atoms with van der Waals surface area (Å²) in [5.41, 5.74) is 5.37. The molecule has 2 aromatic carbocycles. The average molecular weight is 335 g/mol. The monoisotopic (exact) mass is 335 g/mol. The summed E-state index contributed by atoms with van der Waals surface area (Å²) in [6.45, 7) is 2.94. The van der Waals surface area contributed by atoms with Crippen LogP contribution in [-0.4, -0.2) is 22.8 Å². The molecule has 1 aliphatic heterocycles. The van der Waals surface area contributed by atoms with E-state index in [1.807, 2.05) is 26.1 Å². The Kier molecular flexibility index (Phi) is 3.64. The number of hydrogen-bond donors (Lipinski definition) is 1. The zero-order chi connectivity index (χ0) is 17.6. The van der Waals surface area contributed by atoms with Crippen LogP contribution in [0.3, 0.4) is 0 Å².